The number of rotatable bonds is 8. The molecule has 0 unspecified atom stereocenters. The number of nitrogens with one attached hydrogen (secondary N) is 1. The van der Waals surface area contributed by atoms with Crippen LogP contribution in [0.15, 0.2) is 52.9 Å². The van der Waals surface area contributed by atoms with Crippen LogP contribution in [0.25, 0.3) is 17.0 Å². The van der Waals surface area contributed by atoms with E-state index in [9.17, 15) is 14.4 Å². The number of carbonyl (C=O) groups excluding carboxylic acids is 3. The SMILES string of the molecule is CCc1cccc2c(/C=C3/C(=O)N(C)C(=S)N3CC(=O)OC)cn(CC(=O)NCc3ccco3)c12. The number of likely N-dealkylation sites (N-methyl/N-ethyl adjacent to an activating group) is 1. The van der Waals surface area contributed by atoms with Gasteiger partial charge in [0.2, 0.25) is 5.91 Å². The Morgan fingerprint density at radius 1 is 1.20 bits per heavy atom. The van der Waals surface area contributed by atoms with Crippen molar-refractivity contribution in [1.29, 1.82) is 0 Å². The van der Waals surface area contributed by atoms with Crippen LogP contribution in [0.3, 0.4) is 0 Å². The van der Waals surface area contributed by atoms with Crippen molar-refractivity contribution in [2.24, 2.45) is 0 Å². The molecule has 1 fully saturated rings. The third-order valence-corrected chi connectivity index (χ3v) is 6.38. The first-order valence-electron chi connectivity index (χ1n) is 11.1. The third kappa shape index (κ3) is 4.83. The molecule has 182 valence electrons. The molecule has 0 radical (unpaired) electrons. The molecule has 2 aromatic heterocycles. The Morgan fingerprint density at radius 2 is 2.00 bits per heavy atom. The van der Waals surface area contributed by atoms with Gasteiger partial charge in [0.25, 0.3) is 5.91 Å². The van der Waals surface area contributed by atoms with Gasteiger partial charge in [-0.3, -0.25) is 19.3 Å². The number of thiocarbonyl (C=S) groups is 1. The van der Waals surface area contributed by atoms with Gasteiger partial charge in [-0.05, 0) is 42.4 Å². The Labute approximate surface area is 207 Å². The summed E-state index contributed by atoms with van der Waals surface area (Å²) in [5, 5.41) is 3.98. The van der Waals surface area contributed by atoms with Crippen molar-refractivity contribution in [3.8, 4) is 0 Å². The second-order valence-electron chi connectivity index (χ2n) is 8.07. The number of para-hydroxylation sites is 1. The van der Waals surface area contributed by atoms with E-state index in [4.69, 9.17) is 21.4 Å². The summed E-state index contributed by atoms with van der Waals surface area (Å²) in [6.07, 6.45) is 5.88. The Hall–Kier alpha value is -3.92. The molecule has 0 bridgehead atoms. The predicted molar refractivity (Wildman–Crippen MR) is 134 cm³/mol. The van der Waals surface area contributed by atoms with Crippen LogP contribution in [-0.2, 0) is 38.6 Å². The van der Waals surface area contributed by atoms with E-state index in [0.29, 0.717) is 12.3 Å². The number of esters is 1. The Kier molecular flexibility index (Phi) is 7.02. The van der Waals surface area contributed by atoms with E-state index in [0.717, 1.165) is 28.5 Å². The number of hydrogen-bond acceptors (Lipinski definition) is 6. The van der Waals surface area contributed by atoms with Gasteiger partial charge in [-0.1, -0.05) is 25.1 Å². The first-order valence-corrected chi connectivity index (χ1v) is 11.5. The summed E-state index contributed by atoms with van der Waals surface area (Å²) in [7, 11) is 2.85. The topological polar surface area (TPSA) is 97.0 Å². The van der Waals surface area contributed by atoms with Gasteiger partial charge < -0.3 is 23.9 Å². The molecule has 0 atom stereocenters. The number of methoxy groups -OCH3 is 1. The maximum absolute atomic E-state index is 12.9. The molecule has 9 nitrogen and oxygen atoms in total. The first kappa shape index (κ1) is 24.2. The monoisotopic (exact) mass is 494 g/mol. The second-order valence-corrected chi connectivity index (χ2v) is 8.44. The Balaban J connectivity index is 1.71. The zero-order valence-electron chi connectivity index (χ0n) is 19.7. The van der Waals surface area contributed by atoms with Crippen molar-refractivity contribution < 1.29 is 23.5 Å². The van der Waals surface area contributed by atoms with Crippen molar-refractivity contribution >= 4 is 52.1 Å². The largest absolute Gasteiger partial charge is 0.468 e. The minimum absolute atomic E-state index is 0.0928. The van der Waals surface area contributed by atoms with Crippen LogP contribution in [0, 0.1) is 0 Å². The molecular formula is C25H26N4O5S. The van der Waals surface area contributed by atoms with Gasteiger partial charge in [0.1, 0.15) is 24.5 Å². The number of carbonyl (C=O) groups is 3. The van der Waals surface area contributed by atoms with Gasteiger partial charge in [0, 0.05) is 24.2 Å². The summed E-state index contributed by atoms with van der Waals surface area (Å²) >= 11 is 5.38. The standard InChI is InChI=1S/C25H26N4O5S/c1-4-16-7-5-9-19-17(11-20-24(32)27(2)25(35)29(20)15-22(31)33-3)13-28(23(16)19)14-21(30)26-12-18-8-6-10-34-18/h5-11,13H,4,12,14-15H2,1-3H3,(H,26,30)/b20-11-. The number of ether oxygens (including phenoxy) is 1. The highest BCUT2D eigenvalue weighted by Crippen LogP contribution is 2.30. The molecular weight excluding hydrogens is 468 g/mol. The highest BCUT2D eigenvalue weighted by atomic mass is 32.1. The molecule has 3 aromatic rings. The molecule has 1 aliphatic heterocycles. The highest BCUT2D eigenvalue weighted by Gasteiger charge is 2.37. The number of fused-ring (bicyclic) bond motifs is 1. The lowest BCUT2D eigenvalue weighted by Gasteiger charge is -2.16. The first-order chi connectivity index (χ1) is 16.8. The third-order valence-electron chi connectivity index (χ3n) is 5.89. The molecule has 0 spiro atoms. The number of nitrogens with zero attached hydrogens (tertiary/aromatic N) is 3. The van der Waals surface area contributed by atoms with Crippen LogP contribution in [0.2, 0.25) is 0 Å². The van der Waals surface area contributed by atoms with Crippen LogP contribution in [0.4, 0.5) is 0 Å². The molecule has 3 heterocycles. The van der Waals surface area contributed by atoms with Gasteiger partial charge in [0.05, 0.1) is 25.4 Å². The number of aromatic nitrogens is 1. The molecule has 1 N–H and O–H groups in total. The minimum Gasteiger partial charge on any atom is -0.468 e. The molecule has 2 amide bonds. The lowest BCUT2D eigenvalue weighted by Crippen LogP contribution is -2.33. The predicted octanol–water partition coefficient (Wildman–Crippen LogP) is 2.69. The zero-order chi connectivity index (χ0) is 25.1. The van der Waals surface area contributed by atoms with E-state index < -0.39 is 5.97 Å². The average molecular weight is 495 g/mol. The normalized spacial score (nSPS) is 14.9. The fraction of sp³-hybridized carbons (Fsp3) is 0.280. The van der Waals surface area contributed by atoms with E-state index in [1.54, 1.807) is 31.5 Å². The van der Waals surface area contributed by atoms with Crippen molar-refractivity contribution in [1.82, 2.24) is 19.7 Å². The number of amides is 2. The summed E-state index contributed by atoms with van der Waals surface area (Å²) < 4.78 is 11.9. The van der Waals surface area contributed by atoms with E-state index >= 15 is 0 Å². The van der Waals surface area contributed by atoms with Gasteiger partial charge >= 0.3 is 5.97 Å². The van der Waals surface area contributed by atoms with Gasteiger partial charge in [-0.2, -0.15) is 0 Å². The van der Waals surface area contributed by atoms with Crippen molar-refractivity contribution in [3.05, 3.63) is 65.4 Å². The summed E-state index contributed by atoms with van der Waals surface area (Å²) in [6.45, 7) is 2.26. The summed E-state index contributed by atoms with van der Waals surface area (Å²) in [4.78, 5) is 40.4. The van der Waals surface area contributed by atoms with Crippen molar-refractivity contribution in [3.63, 3.8) is 0 Å². The molecule has 10 heteroatoms. The Bertz CT molecular complexity index is 1330. The van der Waals surface area contributed by atoms with Gasteiger partial charge in [0.15, 0.2) is 5.11 Å². The number of benzene rings is 1. The lowest BCUT2D eigenvalue weighted by molar-refractivity contribution is -0.140. The smallest absolute Gasteiger partial charge is 0.325 e. The van der Waals surface area contributed by atoms with Crippen LogP contribution in [-0.4, -0.2) is 58.0 Å². The fourth-order valence-corrected chi connectivity index (χ4v) is 4.34. The van der Waals surface area contributed by atoms with Crippen LogP contribution in [0.1, 0.15) is 23.8 Å². The number of hydrogen-bond donors (Lipinski definition) is 1. The van der Waals surface area contributed by atoms with E-state index in [-0.39, 0.29) is 35.7 Å². The second kappa shape index (κ2) is 10.1. The zero-order valence-corrected chi connectivity index (χ0v) is 20.6. The summed E-state index contributed by atoms with van der Waals surface area (Å²) in [5.41, 5.74) is 3.00. The molecule has 1 aromatic carbocycles. The van der Waals surface area contributed by atoms with Crippen molar-refractivity contribution in [2.75, 3.05) is 20.7 Å². The highest BCUT2D eigenvalue weighted by molar-refractivity contribution is 7.80. The number of aryl methyl sites for hydroxylation is 1. The maximum Gasteiger partial charge on any atom is 0.325 e. The van der Waals surface area contributed by atoms with E-state index in [2.05, 4.69) is 5.32 Å². The quantitative estimate of drug-likeness (QED) is 0.292. The maximum atomic E-state index is 12.9. The molecule has 0 aliphatic carbocycles. The lowest BCUT2D eigenvalue weighted by atomic mass is 10.1. The van der Waals surface area contributed by atoms with Crippen LogP contribution < -0.4 is 5.32 Å². The average Bonchev–Trinajstić information content (AvgIpc) is 3.55. The Morgan fingerprint density at radius 3 is 2.69 bits per heavy atom. The molecule has 1 saturated heterocycles. The van der Waals surface area contributed by atoms with E-state index in [1.807, 2.05) is 35.9 Å². The molecule has 1 aliphatic rings. The van der Waals surface area contributed by atoms with Crippen LogP contribution in [0.5, 0.6) is 0 Å². The van der Waals surface area contributed by atoms with E-state index in [1.165, 1.54) is 16.9 Å². The number of furan rings is 1. The van der Waals surface area contributed by atoms with Gasteiger partial charge in [-0.25, -0.2) is 0 Å². The minimum atomic E-state index is -0.509. The van der Waals surface area contributed by atoms with Gasteiger partial charge in [-0.15, -0.1) is 0 Å². The van der Waals surface area contributed by atoms with Crippen molar-refractivity contribution in [2.45, 2.75) is 26.4 Å². The molecule has 0 saturated carbocycles. The summed E-state index contributed by atoms with van der Waals surface area (Å²) in [5.74, 6) is -0.331. The summed E-state index contributed by atoms with van der Waals surface area (Å²) in [6, 6.07) is 9.48. The fourth-order valence-electron chi connectivity index (χ4n) is 4.09. The van der Waals surface area contributed by atoms with Crippen LogP contribution >= 0.6 is 12.2 Å². The molecule has 4 rings (SSSR count). The molecule has 35 heavy (non-hydrogen) atoms.